The molecule has 0 unspecified atom stereocenters. The van der Waals surface area contributed by atoms with Crippen LogP contribution in [0.1, 0.15) is 45.1 Å². The smallest absolute Gasteiger partial charge is 0.411 e. The van der Waals surface area contributed by atoms with Crippen molar-refractivity contribution < 1.29 is 9.53 Å². The molecule has 0 bridgehead atoms. The van der Waals surface area contributed by atoms with Gasteiger partial charge in [0.15, 0.2) is 0 Å². The molecule has 1 saturated heterocycles. The molecule has 0 aromatic heterocycles. The summed E-state index contributed by atoms with van der Waals surface area (Å²) in [7, 11) is 0. The maximum absolute atomic E-state index is 12.2. The van der Waals surface area contributed by atoms with Crippen molar-refractivity contribution in [1.29, 1.82) is 5.26 Å². The molecule has 0 spiro atoms. The Morgan fingerprint density at radius 2 is 2.00 bits per heavy atom. The van der Waals surface area contributed by atoms with Gasteiger partial charge in [-0.3, -0.25) is 4.90 Å². The highest BCUT2D eigenvalue weighted by Crippen LogP contribution is 2.32. The van der Waals surface area contributed by atoms with Gasteiger partial charge >= 0.3 is 6.09 Å². The summed E-state index contributed by atoms with van der Waals surface area (Å²) >= 11 is 0. The van der Waals surface area contributed by atoms with Crippen LogP contribution in [0.3, 0.4) is 0 Å². The third-order valence-corrected chi connectivity index (χ3v) is 3.65. The second kappa shape index (κ2) is 6.17. The van der Waals surface area contributed by atoms with Crippen molar-refractivity contribution in [2.24, 2.45) is 0 Å². The Labute approximate surface area is 126 Å². The van der Waals surface area contributed by atoms with Gasteiger partial charge in [-0.15, -0.1) is 0 Å². The number of ether oxygens (including phenoxy) is 1. The van der Waals surface area contributed by atoms with E-state index >= 15 is 0 Å². The van der Waals surface area contributed by atoms with Crippen molar-refractivity contribution in [3.05, 3.63) is 35.9 Å². The van der Waals surface area contributed by atoms with Gasteiger partial charge < -0.3 is 4.74 Å². The monoisotopic (exact) mass is 286 g/mol. The van der Waals surface area contributed by atoms with Crippen LogP contribution in [0.2, 0.25) is 0 Å². The zero-order valence-electron chi connectivity index (χ0n) is 12.9. The molecule has 1 aromatic rings. The highest BCUT2D eigenvalue weighted by Gasteiger charge is 2.34. The molecule has 0 N–H and O–H groups in total. The van der Waals surface area contributed by atoms with Crippen molar-refractivity contribution in [3.8, 4) is 6.07 Å². The van der Waals surface area contributed by atoms with Crippen LogP contribution < -0.4 is 0 Å². The quantitative estimate of drug-likeness (QED) is 0.791. The SMILES string of the molecule is CC(C)(C)OC(=O)N1CC[C@@H](c2ccccc2)C[C@@H]1C#N. The molecule has 1 amide bonds. The third kappa shape index (κ3) is 3.98. The summed E-state index contributed by atoms with van der Waals surface area (Å²) in [6.07, 6.45) is 1.14. The number of hydrogen-bond acceptors (Lipinski definition) is 3. The Hall–Kier alpha value is -2.02. The Morgan fingerprint density at radius 1 is 1.33 bits per heavy atom. The van der Waals surface area contributed by atoms with E-state index in [1.807, 2.05) is 39.0 Å². The first kappa shape index (κ1) is 15.4. The minimum Gasteiger partial charge on any atom is -0.444 e. The molecular weight excluding hydrogens is 264 g/mol. The average molecular weight is 286 g/mol. The standard InChI is InChI=1S/C17H22N2O2/c1-17(2,3)21-16(20)19-10-9-14(11-15(19)12-18)13-7-5-4-6-8-13/h4-8,14-15H,9-11H2,1-3H3/t14-,15-/m1/s1. The van der Waals surface area contributed by atoms with Gasteiger partial charge in [-0.05, 0) is 45.1 Å². The molecule has 1 aliphatic heterocycles. The number of hydrogen-bond donors (Lipinski definition) is 0. The van der Waals surface area contributed by atoms with Crippen molar-refractivity contribution >= 4 is 6.09 Å². The van der Waals surface area contributed by atoms with Crippen LogP contribution in [0.25, 0.3) is 0 Å². The molecular formula is C17H22N2O2. The van der Waals surface area contributed by atoms with Gasteiger partial charge in [0.1, 0.15) is 11.6 Å². The number of amides is 1. The maximum Gasteiger partial charge on any atom is 0.411 e. The lowest BCUT2D eigenvalue weighted by molar-refractivity contribution is 0.0142. The molecule has 0 saturated carbocycles. The van der Waals surface area contributed by atoms with E-state index in [2.05, 4.69) is 18.2 Å². The van der Waals surface area contributed by atoms with Crippen LogP contribution in [-0.2, 0) is 4.74 Å². The fraction of sp³-hybridized carbons (Fsp3) is 0.529. The van der Waals surface area contributed by atoms with Crippen LogP contribution >= 0.6 is 0 Å². The largest absolute Gasteiger partial charge is 0.444 e. The summed E-state index contributed by atoms with van der Waals surface area (Å²) in [5.74, 6) is 0.328. The molecule has 21 heavy (non-hydrogen) atoms. The normalized spacial score (nSPS) is 22.5. The number of likely N-dealkylation sites (tertiary alicyclic amines) is 1. The van der Waals surface area contributed by atoms with Gasteiger partial charge in [0.2, 0.25) is 0 Å². The maximum atomic E-state index is 12.2. The zero-order valence-corrected chi connectivity index (χ0v) is 12.9. The Kier molecular flexibility index (Phi) is 4.52. The molecule has 2 atom stereocenters. The van der Waals surface area contributed by atoms with Gasteiger partial charge in [-0.1, -0.05) is 30.3 Å². The van der Waals surface area contributed by atoms with E-state index in [1.165, 1.54) is 5.56 Å². The Morgan fingerprint density at radius 3 is 2.57 bits per heavy atom. The van der Waals surface area contributed by atoms with E-state index < -0.39 is 11.6 Å². The van der Waals surface area contributed by atoms with Gasteiger partial charge in [0.05, 0.1) is 6.07 Å². The van der Waals surface area contributed by atoms with Crippen molar-refractivity contribution in [2.75, 3.05) is 6.54 Å². The Bertz CT molecular complexity index is 528. The highest BCUT2D eigenvalue weighted by atomic mass is 16.6. The molecule has 1 fully saturated rings. The lowest BCUT2D eigenvalue weighted by atomic mass is 9.86. The van der Waals surface area contributed by atoms with E-state index in [0.717, 1.165) is 6.42 Å². The van der Waals surface area contributed by atoms with Crippen LogP contribution in [0, 0.1) is 11.3 Å². The fourth-order valence-corrected chi connectivity index (χ4v) is 2.65. The molecule has 112 valence electrons. The summed E-state index contributed by atoms with van der Waals surface area (Å²) in [5.41, 5.74) is 0.703. The number of benzene rings is 1. The minimum atomic E-state index is -0.534. The molecule has 1 heterocycles. The first-order valence-corrected chi connectivity index (χ1v) is 7.35. The van der Waals surface area contributed by atoms with Crippen LogP contribution in [-0.4, -0.2) is 29.2 Å². The lowest BCUT2D eigenvalue weighted by Gasteiger charge is -2.36. The third-order valence-electron chi connectivity index (χ3n) is 3.65. The lowest BCUT2D eigenvalue weighted by Crippen LogP contribution is -2.47. The van der Waals surface area contributed by atoms with Gasteiger partial charge in [0, 0.05) is 6.54 Å². The number of nitriles is 1. The second-order valence-corrected chi connectivity index (χ2v) is 6.45. The van der Waals surface area contributed by atoms with Crippen LogP contribution in [0.15, 0.2) is 30.3 Å². The van der Waals surface area contributed by atoms with Crippen LogP contribution in [0.4, 0.5) is 4.79 Å². The van der Waals surface area contributed by atoms with Gasteiger partial charge in [-0.2, -0.15) is 5.26 Å². The van der Waals surface area contributed by atoms with Gasteiger partial charge in [0.25, 0.3) is 0 Å². The van der Waals surface area contributed by atoms with Crippen molar-refractivity contribution in [3.63, 3.8) is 0 Å². The first-order chi connectivity index (χ1) is 9.90. The van der Waals surface area contributed by atoms with E-state index in [9.17, 15) is 10.1 Å². The predicted octanol–water partition coefficient (Wildman–Crippen LogP) is 3.69. The summed E-state index contributed by atoms with van der Waals surface area (Å²) in [4.78, 5) is 13.7. The van der Waals surface area contributed by atoms with Crippen molar-refractivity contribution in [2.45, 2.75) is 51.2 Å². The average Bonchev–Trinajstić information content (AvgIpc) is 2.45. The number of rotatable bonds is 1. The van der Waals surface area contributed by atoms with Crippen LogP contribution in [0.5, 0.6) is 0 Å². The molecule has 1 aliphatic rings. The summed E-state index contributed by atoms with van der Waals surface area (Å²) in [6, 6.07) is 12.0. The number of piperidine rings is 1. The van der Waals surface area contributed by atoms with E-state index in [4.69, 9.17) is 4.74 Å². The Balaban J connectivity index is 2.06. The van der Waals surface area contributed by atoms with E-state index in [-0.39, 0.29) is 6.09 Å². The minimum absolute atomic E-state index is 0.328. The predicted molar refractivity (Wildman–Crippen MR) is 80.8 cm³/mol. The zero-order chi connectivity index (χ0) is 15.5. The number of carbonyl (C=O) groups excluding carboxylic acids is 1. The second-order valence-electron chi connectivity index (χ2n) is 6.45. The van der Waals surface area contributed by atoms with Crippen molar-refractivity contribution in [1.82, 2.24) is 4.90 Å². The molecule has 4 nitrogen and oxygen atoms in total. The fourth-order valence-electron chi connectivity index (χ4n) is 2.65. The molecule has 2 rings (SSSR count). The summed E-state index contributed by atoms with van der Waals surface area (Å²) in [5, 5.41) is 9.37. The number of nitrogens with zero attached hydrogens (tertiary/aromatic N) is 2. The summed E-state index contributed by atoms with van der Waals surface area (Å²) in [6.45, 7) is 6.07. The molecule has 0 radical (unpaired) electrons. The number of carbonyl (C=O) groups is 1. The molecule has 1 aromatic carbocycles. The van der Waals surface area contributed by atoms with E-state index in [1.54, 1.807) is 4.90 Å². The van der Waals surface area contributed by atoms with Gasteiger partial charge in [-0.25, -0.2) is 4.79 Å². The summed E-state index contributed by atoms with van der Waals surface area (Å²) < 4.78 is 5.39. The highest BCUT2D eigenvalue weighted by molar-refractivity contribution is 5.69. The molecule has 0 aliphatic carbocycles. The van der Waals surface area contributed by atoms with E-state index in [0.29, 0.717) is 18.9 Å². The first-order valence-electron chi connectivity index (χ1n) is 7.35. The molecule has 4 heteroatoms. The topological polar surface area (TPSA) is 53.3 Å².